The lowest BCUT2D eigenvalue weighted by Crippen LogP contribution is -2.13. The van der Waals surface area contributed by atoms with E-state index in [0.29, 0.717) is 0 Å². The predicted octanol–water partition coefficient (Wildman–Crippen LogP) is 0.793. The molecule has 72 valence electrons. The Morgan fingerprint density at radius 2 is 1.92 bits per heavy atom. The lowest BCUT2D eigenvalue weighted by molar-refractivity contribution is 0.340. The number of hydrogen-bond donors (Lipinski definition) is 2. The summed E-state index contributed by atoms with van der Waals surface area (Å²) < 4.78 is 42.5. The maximum atomic E-state index is 13.0. The van der Waals surface area contributed by atoms with Gasteiger partial charge in [0.15, 0.2) is 11.6 Å². The summed E-state index contributed by atoms with van der Waals surface area (Å²) in [5, 5.41) is 0. The highest BCUT2D eigenvalue weighted by Crippen LogP contribution is 2.26. The number of hydrogen-bond acceptors (Lipinski definition) is 4. The molecular weight excluding hydrogens is 187 g/mol. The van der Waals surface area contributed by atoms with Crippen molar-refractivity contribution in [1.82, 2.24) is 4.98 Å². The summed E-state index contributed by atoms with van der Waals surface area (Å²) in [6.45, 7) is 0. The van der Waals surface area contributed by atoms with Crippen LogP contribution in [-0.2, 0) is 0 Å². The van der Waals surface area contributed by atoms with Gasteiger partial charge in [0.2, 0.25) is 11.6 Å². The molecule has 1 aromatic rings. The van der Waals surface area contributed by atoms with Crippen LogP contribution in [-0.4, -0.2) is 12.1 Å². The van der Waals surface area contributed by atoms with E-state index in [2.05, 4.69) is 9.72 Å². The molecule has 1 rings (SSSR count). The molecule has 0 spiro atoms. The zero-order chi connectivity index (χ0) is 10.0. The Morgan fingerprint density at radius 3 is 2.38 bits per heavy atom. The van der Waals surface area contributed by atoms with Crippen LogP contribution in [0.3, 0.4) is 0 Å². The molecule has 0 aliphatic carbocycles. The zero-order valence-electron chi connectivity index (χ0n) is 6.57. The molecule has 0 aliphatic rings. The number of aromatic nitrogens is 1. The molecule has 0 bridgehead atoms. The van der Waals surface area contributed by atoms with Gasteiger partial charge < -0.3 is 10.2 Å². The quantitative estimate of drug-likeness (QED) is 0.414. The van der Waals surface area contributed by atoms with Crippen LogP contribution in [0.4, 0.5) is 19.0 Å². The molecule has 7 heteroatoms. The summed E-state index contributed by atoms with van der Waals surface area (Å²) in [4.78, 5) is 2.87. The Hall–Kier alpha value is -1.50. The molecule has 0 saturated heterocycles. The fourth-order valence-corrected chi connectivity index (χ4v) is 0.769. The van der Waals surface area contributed by atoms with E-state index in [1.165, 1.54) is 0 Å². The largest absolute Gasteiger partial charge is 0.491 e. The molecule has 0 radical (unpaired) electrons. The number of halogens is 3. The smallest absolute Gasteiger partial charge is 0.255 e. The van der Waals surface area contributed by atoms with E-state index in [1.807, 2.05) is 0 Å². The zero-order valence-corrected chi connectivity index (χ0v) is 6.57. The number of nitrogens with zero attached hydrogens (tertiary/aromatic N) is 1. The molecule has 0 amide bonds. The van der Waals surface area contributed by atoms with Crippen LogP contribution in [0.5, 0.6) is 5.75 Å². The van der Waals surface area contributed by atoms with E-state index in [1.54, 1.807) is 5.43 Å². The number of hydrazine groups is 1. The number of nitrogens with one attached hydrogen (secondary N) is 1. The number of ether oxygens (including phenoxy) is 1. The third-order valence-corrected chi connectivity index (χ3v) is 1.34. The average molecular weight is 193 g/mol. The highest BCUT2D eigenvalue weighted by atomic mass is 19.2. The van der Waals surface area contributed by atoms with E-state index >= 15 is 0 Å². The van der Waals surface area contributed by atoms with Gasteiger partial charge in [0.25, 0.3) is 5.95 Å². The number of anilines is 1. The summed E-state index contributed by atoms with van der Waals surface area (Å²) in [6.07, 6.45) is 0. The Morgan fingerprint density at radius 1 is 1.31 bits per heavy atom. The molecular formula is C6H6F3N3O. The number of rotatable bonds is 2. The number of pyridine rings is 1. The average Bonchev–Trinajstić information content (AvgIpc) is 2.12. The van der Waals surface area contributed by atoms with E-state index in [9.17, 15) is 13.2 Å². The Labute approximate surface area is 71.5 Å². The summed E-state index contributed by atoms with van der Waals surface area (Å²) in [5.41, 5.74) is 1.77. The minimum Gasteiger partial charge on any atom is -0.491 e. The van der Waals surface area contributed by atoms with E-state index < -0.39 is 29.1 Å². The first-order valence-corrected chi connectivity index (χ1v) is 3.17. The van der Waals surface area contributed by atoms with Crippen molar-refractivity contribution < 1.29 is 17.9 Å². The Balaban J connectivity index is 3.39. The van der Waals surface area contributed by atoms with Gasteiger partial charge >= 0.3 is 0 Å². The van der Waals surface area contributed by atoms with Gasteiger partial charge in [0.05, 0.1) is 7.11 Å². The fourth-order valence-electron chi connectivity index (χ4n) is 0.769. The molecule has 0 saturated carbocycles. The highest BCUT2D eigenvalue weighted by Gasteiger charge is 2.20. The first-order chi connectivity index (χ1) is 6.11. The Kier molecular flexibility index (Phi) is 2.57. The highest BCUT2D eigenvalue weighted by molar-refractivity contribution is 5.43. The summed E-state index contributed by atoms with van der Waals surface area (Å²) in [7, 11) is 1.00. The van der Waals surface area contributed by atoms with Crippen molar-refractivity contribution in [3.05, 3.63) is 17.6 Å². The van der Waals surface area contributed by atoms with Crippen molar-refractivity contribution in [2.24, 2.45) is 5.84 Å². The van der Waals surface area contributed by atoms with E-state index in [-0.39, 0.29) is 0 Å². The first-order valence-electron chi connectivity index (χ1n) is 3.17. The van der Waals surface area contributed by atoms with Crippen molar-refractivity contribution in [3.63, 3.8) is 0 Å². The fraction of sp³-hybridized carbons (Fsp3) is 0.167. The topological polar surface area (TPSA) is 60.2 Å². The van der Waals surface area contributed by atoms with Gasteiger partial charge in [-0.25, -0.2) is 5.84 Å². The first kappa shape index (κ1) is 9.59. The molecule has 0 unspecified atom stereocenters. The summed E-state index contributed by atoms with van der Waals surface area (Å²) >= 11 is 0. The van der Waals surface area contributed by atoms with Crippen LogP contribution in [0.2, 0.25) is 0 Å². The van der Waals surface area contributed by atoms with Crippen LogP contribution < -0.4 is 16.0 Å². The van der Waals surface area contributed by atoms with Crippen molar-refractivity contribution in [3.8, 4) is 5.75 Å². The summed E-state index contributed by atoms with van der Waals surface area (Å²) in [5.74, 6) is -0.824. The van der Waals surface area contributed by atoms with Gasteiger partial charge in [-0.1, -0.05) is 0 Å². The molecule has 0 atom stereocenters. The number of nitrogen functional groups attached to an aromatic ring is 1. The SMILES string of the molecule is COc1c(F)c(F)nc(NN)c1F. The molecule has 13 heavy (non-hydrogen) atoms. The van der Waals surface area contributed by atoms with Crippen molar-refractivity contribution in [2.45, 2.75) is 0 Å². The van der Waals surface area contributed by atoms with Crippen molar-refractivity contribution in [2.75, 3.05) is 12.5 Å². The lowest BCUT2D eigenvalue weighted by atomic mass is 10.4. The van der Waals surface area contributed by atoms with E-state index in [0.717, 1.165) is 7.11 Å². The Bertz CT molecular complexity index is 331. The van der Waals surface area contributed by atoms with Crippen molar-refractivity contribution >= 4 is 5.82 Å². The van der Waals surface area contributed by atoms with Crippen LogP contribution in [0.1, 0.15) is 0 Å². The predicted molar refractivity (Wildman–Crippen MR) is 38.5 cm³/mol. The minimum atomic E-state index is -1.49. The number of nitrogens with two attached hydrogens (primary N) is 1. The molecule has 4 nitrogen and oxygen atoms in total. The lowest BCUT2D eigenvalue weighted by Gasteiger charge is -2.07. The van der Waals surface area contributed by atoms with Gasteiger partial charge in [0, 0.05) is 0 Å². The van der Waals surface area contributed by atoms with Crippen LogP contribution in [0.15, 0.2) is 0 Å². The maximum absolute atomic E-state index is 13.0. The van der Waals surface area contributed by atoms with Gasteiger partial charge in [-0.2, -0.15) is 18.2 Å². The van der Waals surface area contributed by atoms with Crippen LogP contribution >= 0.6 is 0 Å². The molecule has 0 fully saturated rings. The monoisotopic (exact) mass is 193 g/mol. The summed E-state index contributed by atoms with van der Waals surface area (Å²) in [6, 6.07) is 0. The molecule has 0 aromatic carbocycles. The number of methoxy groups -OCH3 is 1. The van der Waals surface area contributed by atoms with Crippen LogP contribution in [0, 0.1) is 17.6 Å². The molecule has 1 aromatic heterocycles. The molecule has 3 N–H and O–H groups in total. The maximum Gasteiger partial charge on any atom is 0.255 e. The second kappa shape index (κ2) is 3.48. The standard InChI is InChI=1S/C6H6F3N3O/c1-13-4-2(7)5(9)11-6(12-10)3(4)8/h10H2,1H3,(H,11,12). The van der Waals surface area contributed by atoms with Gasteiger partial charge in [0.1, 0.15) is 0 Å². The molecule has 1 heterocycles. The second-order valence-electron chi connectivity index (χ2n) is 2.06. The third kappa shape index (κ3) is 1.50. The van der Waals surface area contributed by atoms with Gasteiger partial charge in [-0.05, 0) is 0 Å². The van der Waals surface area contributed by atoms with Crippen LogP contribution in [0.25, 0.3) is 0 Å². The van der Waals surface area contributed by atoms with Crippen molar-refractivity contribution in [1.29, 1.82) is 0 Å². The minimum absolute atomic E-state index is 0.615. The second-order valence-corrected chi connectivity index (χ2v) is 2.06. The molecule has 0 aliphatic heterocycles. The van der Waals surface area contributed by atoms with E-state index in [4.69, 9.17) is 5.84 Å². The third-order valence-electron chi connectivity index (χ3n) is 1.34. The van der Waals surface area contributed by atoms with Gasteiger partial charge in [-0.3, -0.25) is 0 Å². The normalized spacial score (nSPS) is 9.92. The van der Waals surface area contributed by atoms with Gasteiger partial charge in [-0.15, -0.1) is 0 Å².